The molecule has 1 fully saturated rings. The van der Waals surface area contributed by atoms with Crippen LogP contribution in [0.3, 0.4) is 0 Å². The van der Waals surface area contributed by atoms with Gasteiger partial charge in [0.1, 0.15) is 23.2 Å². The fourth-order valence-electron chi connectivity index (χ4n) is 4.02. The highest BCUT2D eigenvalue weighted by Crippen LogP contribution is 2.30. The van der Waals surface area contributed by atoms with E-state index in [2.05, 4.69) is 41.5 Å². The van der Waals surface area contributed by atoms with Crippen molar-refractivity contribution in [2.24, 2.45) is 0 Å². The van der Waals surface area contributed by atoms with Gasteiger partial charge in [0.25, 0.3) is 0 Å². The van der Waals surface area contributed by atoms with E-state index >= 15 is 0 Å². The van der Waals surface area contributed by atoms with Crippen LogP contribution in [0, 0.1) is 0 Å². The summed E-state index contributed by atoms with van der Waals surface area (Å²) in [6, 6.07) is 6.07. The van der Waals surface area contributed by atoms with Gasteiger partial charge in [-0.3, -0.25) is 15.1 Å². The summed E-state index contributed by atoms with van der Waals surface area (Å²) in [4.78, 5) is 18.0. The van der Waals surface area contributed by atoms with Crippen LogP contribution in [0.5, 0.6) is 5.88 Å². The number of nitrogens with zero attached hydrogens (tertiary/aromatic N) is 6. The molecule has 154 valence electrons. The Labute approximate surface area is 177 Å². The summed E-state index contributed by atoms with van der Waals surface area (Å²) in [6.07, 6.45) is 12.9. The van der Waals surface area contributed by atoms with Crippen molar-refractivity contribution >= 4 is 16.6 Å². The largest absolute Gasteiger partial charge is 0.472 e. The molecule has 1 aliphatic rings. The summed E-state index contributed by atoms with van der Waals surface area (Å²) in [5, 5.41) is 11.9. The van der Waals surface area contributed by atoms with E-state index in [1.54, 1.807) is 24.8 Å². The van der Waals surface area contributed by atoms with Crippen molar-refractivity contribution in [2.75, 3.05) is 13.1 Å². The molecule has 0 bridgehead atoms. The molecule has 2 N–H and O–H groups in total. The summed E-state index contributed by atoms with van der Waals surface area (Å²) >= 11 is 0. The smallest absolute Gasteiger partial charge is 0.233 e. The van der Waals surface area contributed by atoms with Crippen molar-refractivity contribution < 1.29 is 4.74 Å². The lowest BCUT2D eigenvalue weighted by Gasteiger charge is -2.23. The lowest BCUT2D eigenvalue weighted by molar-refractivity contribution is 0.160. The van der Waals surface area contributed by atoms with Crippen molar-refractivity contribution in [3.8, 4) is 28.5 Å². The van der Waals surface area contributed by atoms with E-state index in [1.165, 1.54) is 0 Å². The number of hydrogen-bond donors (Lipinski definition) is 2. The van der Waals surface area contributed by atoms with Crippen molar-refractivity contribution in [1.82, 2.24) is 39.9 Å². The quantitative estimate of drug-likeness (QED) is 0.467. The first-order chi connectivity index (χ1) is 15.3. The molecule has 5 aromatic rings. The van der Waals surface area contributed by atoms with Crippen LogP contribution in [0.15, 0.2) is 55.4 Å². The summed E-state index contributed by atoms with van der Waals surface area (Å²) < 4.78 is 8.00. The van der Waals surface area contributed by atoms with E-state index in [0.717, 1.165) is 59.4 Å². The Morgan fingerprint density at radius 1 is 1.06 bits per heavy atom. The minimum atomic E-state index is 0.113. The maximum Gasteiger partial charge on any atom is 0.233 e. The second-order valence-corrected chi connectivity index (χ2v) is 7.60. The average molecular weight is 412 g/mol. The third-order valence-corrected chi connectivity index (χ3v) is 5.54. The molecular formula is C22H20N8O. The van der Waals surface area contributed by atoms with Crippen molar-refractivity contribution in [2.45, 2.75) is 18.9 Å². The Kier molecular flexibility index (Phi) is 4.31. The van der Waals surface area contributed by atoms with Crippen LogP contribution < -0.4 is 10.1 Å². The van der Waals surface area contributed by atoms with E-state index in [1.807, 2.05) is 28.9 Å². The molecule has 6 rings (SSSR count). The fourth-order valence-corrected chi connectivity index (χ4v) is 4.02. The van der Waals surface area contributed by atoms with Gasteiger partial charge in [-0.05, 0) is 31.5 Å². The van der Waals surface area contributed by atoms with Crippen molar-refractivity contribution in [3.63, 3.8) is 0 Å². The number of rotatable bonds is 4. The molecule has 9 heteroatoms. The standard InChI is InChI=1S/C22H20N8O/c1-2-15(11-23-5-1)31-19-13-24-12-18(27-19)21-16-10-14(3-4-17(16)28-29-21)20-22-26-7-9-30(22)8-6-25-20/h3-4,6-10,12-13,15,23H,1-2,5,11H2,(H,28,29)/t15-/m1/s1. The Hall–Kier alpha value is -3.85. The van der Waals surface area contributed by atoms with E-state index in [9.17, 15) is 0 Å². The van der Waals surface area contributed by atoms with E-state index < -0.39 is 0 Å². The first-order valence-corrected chi connectivity index (χ1v) is 10.3. The molecule has 9 nitrogen and oxygen atoms in total. The molecule has 0 radical (unpaired) electrons. The summed E-state index contributed by atoms with van der Waals surface area (Å²) in [5.74, 6) is 0.516. The summed E-state index contributed by atoms with van der Waals surface area (Å²) in [6.45, 7) is 1.86. The Morgan fingerprint density at radius 2 is 2.00 bits per heavy atom. The number of benzene rings is 1. The molecule has 1 saturated heterocycles. The number of nitrogens with one attached hydrogen (secondary N) is 2. The molecule has 31 heavy (non-hydrogen) atoms. The number of fused-ring (bicyclic) bond motifs is 2. The Morgan fingerprint density at radius 3 is 2.90 bits per heavy atom. The summed E-state index contributed by atoms with van der Waals surface area (Å²) in [7, 11) is 0. The van der Waals surface area contributed by atoms with Crippen LogP contribution >= 0.6 is 0 Å². The van der Waals surface area contributed by atoms with Gasteiger partial charge in [0.2, 0.25) is 5.88 Å². The van der Waals surface area contributed by atoms with E-state index in [0.29, 0.717) is 11.6 Å². The number of H-pyrrole nitrogens is 1. The van der Waals surface area contributed by atoms with Crippen molar-refractivity contribution in [1.29, 1.82) is 0 Å². The van der Waals surface area contributed by atoms with Crippen LogP contribution in [-0.2, 0) is 0 Å². The Balaban J connectivity index is 1.39. The van der Waals surface area contributed by atoms with Gasteiger partial charge in [0, 0.05) is 42.3 Å². The zero-order valence-electron chi connectivity index (χ0n) is 16.7. The minimum absolute atomic E-state index is 0.113. The first-order valence-electron chi connectivity index (χ1n) is 10.3. The minimum Gasteiger partial charge on any atom is -0.472 e. The van der Waals surface area contributed by atoms with E-state index in [4.69, 9.17) is 4.74 Å². The van der Waals surface area contributed by atoms with Gasteiger partial charge in [0.15, 0.2) is 5.65 Å². The van der Waals surface area contributed by atoms with Crippen LogP contribution in [0.1, 0.15) is 12.8 Å². The van der Waals surface area contributed by atoms with Crippen LogP contribution in [0.2, 0.25) is 0 Å². The lowest BCUT2D eigenvalue weighted by atomic mass is 10.1. The molecule has 4 aromatic heterocycles. The number of piperidine rings is 1. The number of hydrogen-bond acceptors (Lipinski definition) is 7. The molecule has 0 amide bonds. The van der Waals surface area contributed by atoms with Gasteiger partial charge < -0.3 is 14.5 Å². The maximum absolute atomic E-state index is 6.04. The molecule has 1 atom stereocenters. The monoisotopic (exact) mass is 412 g/mol. The van der Waals surface area contributed by atoms with E-state index in [-0.39, 0.29) is 6.10 Å². The molecule has 1 aliphatic heterocycles. The average Bonchev–Trinajstić information content (AvgIpc) is 3.46. The van der Waals surface area contributed by atoms with Gasteiger partial charge in [-0.1, -0.05) is 6.07 Å². The molecule has 5 heterocycles. The lowest BCUT2D eigenvalue weighted by Crippen LogP contribution is -2.37. The molecular weight excluding hydrogens is 392 g/mol. The molecule has 0 aliphatic carbocycles. The van der Waals surface area contributed by atoms with Gasteiger partial charge in [-0.15, -0.1) is 0 Å². The number of aromatic nitrogens is 7. The summed E-state index contributed by atoms with van der Waals surface area (Å²) in [5.41, 5.74) is 4.89. The Bertz CT molecular complexity index is 1370. The molecule has 0 saturated carbocycles. The third kappa shape index (κ3) is 3.28. The highest BCUT2D eigenvalue weighted by Gasteiger charge is 2.17. The zero-order chi connectivity index (χ0) is 20.6. The highest BCUT2D eigenvalue weighted by atomic mass is 16.5. The van der Waals surface area contributed by atoms with Crippen molar-refractivity contribution in [3.05, 3.63) is 55.4 Å². The second kappa shape index (κ2) is 7.44. The maximum atomic E-state index is 6.04. The molecule has 0 unspecified atom stereocenters. The SMILES string of the molecule is c1cn2ccnc2c(-c2ccc3[nH]nc(-c4cncc(O[C@@H]5CCCNC5)n4)c3c2)n1. The number of imidazole rings is 1. The van der Waals surface area contributed by atoms with Crippen LogP contribution in [0.4, 0.5) is 0 Å². The van der Waals surface area contributed by atoms with Gasteiger partial charge >= 0.3 is 0 Å². The van der Waals surface area contributed by atoms with Gasteiger partial charge in [0.05, 0.1) is 17.9 Å². The third-order valence-electron chi connectivity index (χ3n) is 5.54. The number of aromatic amines is 1. The molecule has 1 aromatic carbocycles. The zero-order valence-corrected chi connectivity index (χ0v) is 16.7. The second-order valence-electron chi connectivity index (χ2n) is 7.60. The predicted molar refractivity (Wildman–Crippen MR) is 116 cm³/mol. The topological polar surface area (TPSA) is 106 Å². The normalized spacial score (nSPS) is 16.7. The van der Waals surface area contributed by atoms with Gasteiger partial charge in [-0.2, -0.15) is 5.10 Å². The fraction of sp³-hybridized carbons (Fsp3) is 0.227. The van der Waals surface area contributed by atoms with Gasteiger partial charge in [-0.25, -0.2) is 9.97 Å². The first kappa shape index (κ1) is 18.0. The highest BCUT2D eigenvalue weighted by molar-refractivity contribution is 5.95. The van der Waals surface area contributed by atoms with Crippen LogP contribution in [-0.4, -0.2) is 53.7 Å². The van der Waals surface area contributed by atoms with Crippen LogP contribution in [0.25, 0.3) is 39.2 Å². The predicted octanol–water partition coefficient (Wildman–Crippen LogP) is 2.86. The molecule has 0 spiro atoms. The number of ether oxygens (including phenoxy) is 1.